The number of rotatable bonds is 1. The van der Waals surface area contributed by atoms with Gasteiger partial charge in [0, 0.05) is 18.0 Å². The molecule has 0 saturated heterocycles. The maximum absolute atomic E-state index is 4.23. The maximum atomic E-state index is 4.23. The molecule has 0 saturated carbocycles. The van der Waals surface area contributed by atoms with Crippen LogP contribution in [0.4, 0.5) is 0 Å². The van der Waals surface area contributed by atoms with E-state index in [0.29, 0.717) is 0 Å². The Balaban J connectivity index is 2.64. The molecule has 0 radical (unpaired) electrons. The Morgan fingerprint density at radius 1 is 1.23 bits per heavy atom. The molecular weight excluding hydrogens is 180 g/mol. The van der Waals surface area contributed by atoms with Crippen LogP contribution >= 0.6 is 11.3 Å². The predicted molar refractivity (Wildman–Crippen MR) is 56.0 cm³/mol. The highest BCUT2D eigenvalue weighted by atomic mass is 32.1. The summed E-state index contributed by atoms with van der Waals surface area (Å²) in [5, 5.41) is 8.58. The van der Waals surface area contributed by atoms with E-state index in [-0.39, 0.29) is 0 Å². The van der Waals surface area contributed by atoms with Crippen molar-refractivity contribution in [1.82, 2.24) is 9.78 Å². The Kier molecular flexibility index (Phi) is 1.96. The van der Waals surface area contributed by atoms with Crippen LogP contribution in [0.25, 0.3) is 11.3 Å². The Morgan fingerprint density at radius 3 is 2.46 bits per heavy atom. The molecule has 2 rings (SSSR count). The smallest absolute Gasteiger partial charge is 0.0719 e. The van der Waals surface area contributed by atoms with Gasteiger partial charge in [0.2, 0.25) is 0 Å². The van der Waals surface area contributed by atoms with Crippen molar-refractivity contribution in [3.8, 4) is 11.3 Å². The molecule has 0 aromatic carbocycles. The molecule has 13 heavy (non-hydrogen) atoms. The van der Waals surface area contributed by atoms with Gasteiger partial charge in [-0.25, -0.2) is 0 Å². The van der Waals surface area contributed by atoms with Crippen LogP contribution in [0.2, 0.25) is 0 Å². The predicted octanol–water partition coefficient (Wildman–Crippen LogP) is 2.77. The lowest BCUT2D eigenvalue weighted by Gasteiger charge is -2.02. The highest BCUT2D eigenvalue weighted by Crippen LogP contribution is 2.28. The first-order valence-corrected chi connectivity index (χ1v) is 5.16. The van der Waals surface area contributed by atoms with E-state index in [4.69, 9.17) is 0 Å². The zero-order valence-corrected chi connectivity index (χ0v) is 8.85. The van der Waals surface area contributed by atoms with Gasteiger partial charge in [-0.05, 0) is 30.4 Å². The summed E-state index contributed by atoms with van der Waals surface area (Å²) >= 11 is 1.74. The molecule has 0 aliphatic carbocycles. The van der Waals surface area contributed by atoms with Crippen molar-refractivity contribution >= 4 is 11.3 Å². The fourth-order valence-corrected chi connectivity index (χ4v) is 2.37. The third-order valence-electron chi connectivity index (χ3n) is 2.23. The largest absolute Gasteiger partial charge is 0.268 e. The van der Waals surface area contributed by atoms with E-state index >= 15 is 0 Å². The molecular formula is C10H12N2S. The van der Waals surface area contributed by atoms with Crippen molar-refractivity contribution in [1.29, 1.82) is 0 Å². The summed E-state index contributed by atoms with van der Waals surface area (Å²) in [6.45, 7) is 4.23. The van der Waals surface area contributed by atoms with Gasteiger partial charge in [-0.15, -0.1) is 0 Å². The lowest BCUT2D eigenvalue weighted by Crippen LogP contribution is -1.94. The molecule has 0 spiro atoms. The van der Waals surface area contributed by atoms with Crippen molar-refractivity contribution in [2.45, 2.75) is 13.8 Å². The number of nitrogens with zero attached hydrogens (tertiary/aromatic N) is 2. The van der Waals surface area contributed by atoms with Crippen LogP contribution in [0.1, 0.15) is 11.1 Å². The van der Waals surface area contributed by atoms with E-state index in [9.17, 15) is 0 Å². The molecule has 2 nitrogen and oxygen atoms in total. The summed E-state index contributed by atoms with van der Waals surface area (Å²) in [5.41, 5.74) is 5.11. The molecule has 2 aromatic heterocycles. The van der Waals surface area contributed by atoms with Crippen LogP contribution in [-0.2, 0) is 7.05 Å². The standard InChI is InChI=1S/C10H12N2S/c1-7-4-11-12(3)10(7)9-6-13-5-8(9)2/h4-6H,1-3H3. The Bertz CT molecular complexity index is 406. The highest BCUT2D eigenvalue weighted by molar-refractivity contribution is 7.08. The SMILES string of the molecule is Cc1cscc1-c1c(C)cnn1C. The number of hydrogen-bond acceptors (Lipinski definition) is 2. The van der Waals surface area contributed by atoms with E-state index in [1.54, 1.807) is 11.3 Å². The first kappa shape index (κ1) is 8.51. The summed E-state index contributed by atoms with van der Waals surface area (Å²) in [5.74, 6) is 0. The molecule has 0 aliphatic rings. The Morgan fingerprint density at radius 2 is 2.00 bits per heavy atom. The van der Waals surface area contributed by atoms with Crippen LogP contribution < -0.4 is 0 Å². The number of hydrogen-bond donors (Lipinski definition) is 0. The van der Waals surface area contributed by atoms with Gasteiger partial charge in [-0.1, -0.05) is 0 Å². The Labute approximate surface area is 81.8 Å². The number of aromatic nitrogens is 2. The highest BCUT2D eigenvalue weighted by Gasteiger charge is 2.09. The zero-order chi connectivity index (χ0) is 9.42. The van der Waals surface area contributed by atoms with Gasteiger partial charge in [-0.3, -0.25) is 4.68 Å². The fourth-order valence-electron chi connectivity index (χ4n) is 1.54. The maximum Gasteiger partial charge on any atom is 0.0719 e. The second kappa shape index (κ2) is 3.00. The first-order valence-electron chi connectivity index (χ1n) is 4.22. The molecule has 0 fully saturated rings. The normalized spacial score (nSPS) is 10.7. The van der Waals surface area contributed by atoms with Crippen molar-refractivity contribution in [2.75, 3.05) is 0 Å². The fraction of sp³-hybridized carbons (Fsp3) is 0.300. The van der Waals surface area contributed by atoms with Gasteiger partial charge < -0.3 is 0 Å². The summed E-state index contributed by atoms with van der Waals surface area (Å²) in [4.78, 5) is 0. The monoisotopic (exact) mass is 192 g/mol. The van der Waals surface area contributed by atoms with Gasteiger partial charge >= 0.3 is 0 Å². The topological polar surface area (TPSA) is 17.8 Å². The molecule has 0 aliphatic heterocycles. The van der Waals surface area contributed by atoms with Crippen molar-refractivity contribution < 1.29 is 0 Å². The molecule has 68 valence electrons. The van der Waals surface area contributed by atoms with E-state index < -0.39 is 0 Å². The number of aryl methyl sites for hydroxylation is 3. The summed E-state index contributed by atoms with van der Waals surface area (Å²) < 4.78 is 1.93. The van der Waals surface area contributed by atoms with Crippen LogP contribution in [0.5, 0.6) is 0 Å². The molecule has 0 N–H and O–H groups in total. The van der Waals surface area contributed by atoms with Gasteiger partial charge in [0.15, 0.2) is 0 Å². The van der Waals surface area contributed by atoms with Crippen LogP contribution in [-0.4, -0.2) is 9.78 Å². The minimum absolute atomic E-state index is 1.23. The van der Waals surface area contributed by atoms with Gasteiger partial charge in [0.05, 0.1) is 11.9 Å². The van der Waals surface area contributed by atoms with Gasteiger partial charge in [0.25, 0.3) is 0 Å². The molecule has 2 aromatic rings. The summed E-state index contributed by atoms with van der Waals surface area (Å²) in [6, 6.07) is 0. The van der Waals surface area contributed by atoms with Crippen molar-refractivity contribution in [3.63, 3.8) is 0 Å². The summed E-state index contributed by atoms with van der Waals surface area (Å²) in [7, 11) is 1.99. The van der Waals surface area contributed by atoms with E-state index in [2.05, 4.69) is 29.7 Å². The van der Waals surface area contributed by atoms with Crippen molar-refractivity contribution in [3.05, 3.63) is 28.1 Å². The second-order valence-electron chi connectivity index (χ2n) is 3.27. The molecule has 0 amide bonds. The van der Waals surface area contributed by atoms with Crippen molar-refractivity contribution in [2.24, 2.45) is 7.05 Å². The number of thiophene rings is 1. The van der Waals surface area contributed by atoms with Gasteiger partial charge in [-0.2, -0.15) is 16.4 Å². The first-order chi connectivity index (χ1) is 6.20. The van der Waals surface area contributed by atoms with Crippen LogP contribution in [0.15, 0.2) is 17.0 Å². The van der Waals surface area contributed by atoms with E-state index in [0.717, 1.165) is 0 Å². The quantitative estimate of drug-likeness (QED) is 0.679. The lowest BCUT2D eigenvalue weighted by atomic mass is 10.1. The molecule has 3 heteroatoms. The lowest BCUT2D eigenvalue weighted by molar-refractivity contribution is 0.775. The molecule has 2 heterocycles. The van der Waals surface area contributed by atoms with Crippen LogP contribution in [0.3, 0.4) is 0 Å². The average Bonchev–Trinajstić information content (AvgIpc) is 2.60. The third-order valence-corrected chi connectivity index (χ3v) is 3.09. The minimum Gasteiger partial charge on any atom is -0.268 e. The second-order valence-corrected chi connectivity index (χ2v) is 4.01. The minimum atomic E-state index is 1.23. The Hall–Kier alpha value is -1.09. The average molecular weight is 192 g/mol. The molecule has 0 unspecified atom stereocenters. The van der Waals surface area contributed by atoms with E-state index in [1.165, 1.54) is 22.4 Å². The van der Waals surface area contributed by atoms with Crippen LogP contribution in [0, 0.1) is 13.8 Å². The molecule has 0 bridgehead atoms. The molecule has 0 atom stereocenters. The van der Waals surface area contributed by atoms with E-state index in [1.807, 2.05) is 17.9 Å². The third kappa shape index (κ3) is 1.29. The zero-order valence-electron chi connectivity index (χ0n) is 8.03. The summed E-state index contributed by atoms with van der Waals surface area (Å²) in [6.07, 6.45) is 1.91. The van der Waals surface area contributed by atoms with Gasteiger partial charge in [0.1, 0.15) is 0 Å².